The van der Waals surface area contributed by atoms with E-state index in [0.717, 1.165) is 6.92 Å². The lowest BCUT2D eigenvalue weighted by Gasteiger charge is -2.02. The molecule has 0 aromatic rings. The molecule has 0 radical (unpaired) electrons. The van der Waals surface area contributed by atoms with Crippen molar-refractivity contribution in [2.45, 2.75) is 26.9 Å². The Hall–Kier alpha value is -0.650. The summed E-state index contributed by atoms with van der Waals surface area (Å²) in [5.74, 6) is -1.08. The topological polar surface area (TPSA) is 136 Å². The van der Waals surface area contributed by atoms with Crippen LogP contribution in [0.3, 0.4) is 0 Å². The number of rotatable bonds is 0. The molecule has 0 saturated carbocycles. The Labute approximate surface area is 61.2 Å². The number of carbonyl (C=O) groups is 1. The van der Waals surface area contributed by atoms with E-state index in [9.17, 15) is 5.11 Å². The number of carbonyl (C=O) groups excluding carboxylic acids is 1. The first-order chi connectivity index (χ1) is 3.46. The molecule has 0 bridgehead atoms. The summed E-state index contributed by atoms with van der Waals surface area (Å²) in [5.41, 5.74) is 0. The predicted molar refractivity (Wildman–Crippen MR) is 37.8 cm³/mol. The number of quaternary nitrogens is 2. The normalized spacial score (nSPS) is 6.10. The first-order valence-electron chi connectivity index (χ1n) is 2.30. The highest BCUT2D eigenvalue weighted by molar-refractivity contribution is 5.60. The Bertz CT molecular complexity index is 59.2. The van der Waals surface area contributed by atoms with Crippen LogP contribution in [0.25, 0.3) is 0 Å². The summed E-state index contributed by atoms with van der Waals surface area (Å²) in [6, 6.07) is 0. The third-order valence-corrected chi connectivity index (χ3v) is 0. The maximum absolute atomic E-state index is 9.53. The third kappa shape index (κ3) is 701. The zero-order valence-electron chi connectivity index (χ0n) is 7.30. The summed E-state index contributed by atoms with van der Waals surface area (Å²) in [6.45, 7) is 4.19. The molecule has 0 fully saturated rings. The van der Waals surface area contributed by atoms with Crippen LogP contribution < -0.4 is 22.5 Å². The third-order valence-electron chi connectivity index (χ3n) is 0. The first kappa shape index (κ1) is 22.8. The zero-order chi connectivity index (χ0) is 7.15. The van der Waals surface area contributed by atoms with Crippen LogP contribution >= 0.6 is 0 Å². The van der Waals surface area contributed by atoms with Crippen LogP contribution in [0.2, 0.25) is 0 Å². The second-order valence-electron chi connectivity index (χ2n) is 1.54. The summed E-state index contributed by atoms with van der Waals surface area (Å²) < 4.78 is 0. The Morgan fingerprint density at radius 2 is 1.30 bits per heavy atom. The number of carboxylic acid groups (broad SMARTS) is 1. The van der Waals surface area contributed by atoms with Gasteiger partial charge in [0.1, 0.15) is 0 Å². The highest BCUT2D eigenvalue weighted by Crippen LogP contribution is 1.57. The number of hydrogen-bond donors (Lipinski definition) is 2. The van der Waals surface area contributed by atoms with Gasteiger partial charge in [0.05, 0.1) is 0 Å². The summed E-state index contributed by atoms with van der Waals surface area (Å²) in [5, 5.41) is 18.4. The standard InChI is InChI=1S/C3H7O.C2H4O2.2H3N/c1-3(2)4;1-2(3)4;;/h3H,1-2H3;1H3,(H,3,4);2*1H3/q-1;;;/p+1. The Balaban J connectivity index is -0.0000000300. The van der Waals surface area contributed by atoms with Crippen LogP contribution in [-0.4, -0.2) is 12.1 Å². The molecule has 5 nitrogen and oxygen atoms in total. The quantitative estimate of drug-likeness (QED) is 0.475. The molecule has 0 atom stereocenters. The van der Waals surface area contributed by atoms with Crippen molar-refractivity contribution in [1.82, 2.24) is 12.3 Å². The summed E-state index contributed by atoms with van der Waals surface area (Å²) in [7, 11) is 0. The van der Waals surface area contributed by atoms with Crippen LogP contribution in [0.1, 0.15) is 20.8 Å². The molecule has 0 aliphatic heterocycles. The molecular weight excluding hydrogens is 136 g/mol. The monoisotopic (exact) mass is 154 g/mol. The molecule has 0 aromatic carbocycles. The summed E-state index contributed by atoms with van der Waals surface area (Å²) in [6.07, 6.45) is -0.417. The van der Waals surface area contributed by atoms with Gasteiger partial charge in [-0.15, -0.1) is 6.10 Å². The van der Waals surface area contributed by atoms with Crippen molar-refractivity contribution in [2.75, 3.05) is 0 Å². The lowest BCUT2D eigenvalue weighted by molar-refractivity contribution is -0.407. The van der Waals surface area contributed by atoms with Crippen LogP contribution in [-0.2, 0) is 4.79 Å². The van der Waals surface area contributed by atoms with Crippen LogP contribution in [0, 0.1) is 0 Å². The van der Waals surface area contributed by atoms with Gasteiger partial charge in [-0.05, 0) is 6.92 Å². The van der Waals surface area contributed by atoms with E-state index in [-0.39, 0.29) is 12.3 Å². The molecule has 0 saturated heterocycles. The van der Waals surface area contributed by atoms with Gasteiger partial charge in [0.25, 0.3) is 0 Å². The molecule has 0 rings (SSSR count). The van der Waals surface area contributed by atoms with E-state index in [0.29, 0.717) is 0 Å². The molecule has 0 amide bonds. The van der Waals surface area contributed by atoms with Gasteiger partial charge in [0.15, 0.2) is 0 Å². The van der Waals surface area contributed by atoms with Crippen LogP contribution in [0.4, 0.5) is 0 Å². The highest BCUT2D eigenvalue weighted by atomic mass is 16.4. The fourth-order valence-electron chi connectivity index (χ4n) is 0. The molecule has 0 aliphatic rings. The molecule has 10 heavy (non-hydrogen) atoms. The lowest BCUT2D eigenvalue weighted by atomic mass is 10.5. The van der Waals surface area contributed by atoms with Gasteiger partial charge in [-0.1, -0.05) is 13.8 Å². The second-order valence-corrected chi connectivity index (χ2v) is 1.54. The van der Waals surface area contributed by atoms with Crippen molar-refractivity contribution in [3.05, 3.63) is 0 Å². The SMILES string of the molecule is CC(=O)[O-].CC(C)[O-].[NH4+].[NH4+]. The van der Waals surface area contributed by atoms with E-state index < -0.39 is 12.1 Å². The minimum Gasteiger partial charge on any atom is -0.852 e. The van der Waals surface area contributed by atoms with E-state index in [2.05, 4.69) is 0 Å². The van der Waals surface area contributed by atoms with Gasteiger partial charge in [0, 0.05) is 5.97 Å². The van der Waals surface area contributed by atoms with Crippen LogP contribution in [0.5, 0.6) is 0 Å². The van der Waals surface area contributed by atoms with Crippen molar-refractivity contribution in [3.8, 4) is 0 Å². The lowest BCUT2D eigenvalue weighted by Crippen LogP contribution is -2.16. The predicted octanol–water partition coefficient (Wildman–Crippen LogP) is -0.736. The van der Waals surface area contributed by atoms with Crippen molar-refractivity contribution in [1.29, 1.82) is 0 Å². The molecule has 8 N–H and O–H groups in total. The van der Waals surface area contributed by atoms with E-state index >= 15 is 0 Å². The van der Waals surface area contributed by atoms with E-state index in [1.54, 1.807) is 13.8 Å². The number of hydrogen-bond acceptors (Lipinski definition) is 3. The molecule has 5 heteroatoms. The molecule has 0 unspecified atom stereocenters. The van der Waals surface area contributed by atoms with Gasteiger partial charge in [-0.3, -0.25) is 0 Å². The molecule has 0 heterocycles. The van der Waals surface area contributed by atoms with Gasteiger partial charge in [0.2, 0.25) is 0 Å². The average Bonchev–Trinajstić information content (AvgIpc) is 1.25. The van der Waals surface area contributed by atoms with Gasteiger partial charge in [-0.25, -0.2) is 0 Å². The van der Waals surface area contributed by atoms with Crippen LogP contribution in [0.15, 0.2) is 0 Å². The minimum atomic E-state index is -1.08. The largest absolute Gasteiger partial charge is 0.852 e. The maximum Gasteiger partial charge on any atom is 0.0383 e. The Kier molecular flexibility index (Phi) is 35.9. The molecule has 0 aromatic heterocycles. The average molecular weight is 154 g/mol. The molecule has 66 valence electrons. The first-order valence-corrected chi connectivity index (χ1v) is 2.30. The van der Waals surface area contributed by atoms with E-state index in [1.807, 2.05) is 0 Å². The summed E-state index contributed by atoms with van der Waals surface area (Å²) >= 11 is 0. The smallest absolute Gasteiger partial charge is 0.0383 e. The Morgan fingerprint density at radius 1 is 1.30 bits per heavy atom. The molecule has 0 aliphatic carbocycles. The fourth-order valence-corrected chi connectivity index (χ4v) is 0. The summed E-state index contributed by atoms with van der Waals surface area (Å²) in [4.78, 5) is 8.89. The van der Waals surface area contributed by atoms with Crippen molar-refractivity contribution in [2.24, 2.45) is 0 Å². The maximum atomic E-state index is 9.53. The second kappa shape index (κ2) is 15.8. The molecule has 0 spiro atoms. The van der Waals surface area contributed by atoms with Crippen molar-refractivity contribution < 1.29 is 15.0 Å². The van der Waals surface area contributed by atoms with E-state index in [1.165, 1.54) is 0 Å². The zero-order valence-corrected chi connectivity index (χ0v) is 7.30. The van der Waals surface area contributed by atoms with Crippen molar-refractivity contribution >= 4 is 5.97 Å². The van der Waals surface area contributed by atoms with Gasteiger partial charge < -0.3 is 27.3 Å². The number of aliphatic carboxylic acids is 1. The van der Waals surface area contributed by atoms with Crippen molar-refractivity contribution in [3.63, 3.8) is 0 Å². The number of carboxylic acids is 1. The fraction of sp³-hybridized carbons (Fsp3) is 0.800. The van der Waals surface area contributed by atoms with Gasteiger partial charge in [-0.2, -0.15) is 0 Å². The minimum absolute atomic E-state index is 0. The van der Waals surface area contributed by atoms with Gasteiger partial charge >= 0.3 is 0 Å². The highest BCUT2D eigenvalue weighted by Gasteiger charge is 1.53. The Morgan fingerprint density at radius 3 is 1.30 bits per heavy atom. The molecular formula is C5H18N2O3. The van der Waals surface area contributed by atoms with E-state index in [4.69, 9.17) is 9.90 Å².